The molecule has 0 radical (unpaired) electrons. The Morgan fingerprint density at radius 1 is 1.38 bits per heavy atom. The van der Waals surface area contributed by atoms with E-state index in [2.05, 4.69) is 12.2 Å². The Bertz CT molecular complexity index is 619. The van der Waals surface area contributed by atoms with Crippen molar-refractivity contribution in [3.8, 4) is 0 Å². The van der Waals surface area contributed by atoms with Crippen molar-refractivity contribution in [3.63, 3.8) is 0 Å². The minimum Gasteiger partial charge on any atom is -0.338 e. The highest BCUT2D eigenvalue weighted by molar-refractivity contribution is 5.98. The summed E-state index contributed by atoms with van der Waals surface area (Å²) >= 11 is 0. The predicted molar refractivity (Wildman–Crippen MR) is 94.1 cm³/mol. The molecule has 24 heavy (non-hydrogen) atoms. The molecule has 0 spiro atoms. The van der Waals surface area contributed by atoms with E-state index in [1.165, 1.54) is 0 Å². The Morgan fingerprint density at radius 2 is 2.21 bits per heavy atom. The van der Waals surface area contributed by atoms with Gasteiger partial charge in [0, 0.05) is 43.5 Å². The van der Waals surface area contributed by atoms with Gasteiger partial charge in [0.2, 0.25) is 0 Å². The summed E-state index contributed by atoms with van der Waals surface area (Å²) in [4.78, 5) is 28.6. The number of hydrogen-bond donors (Lipinski definition) is 2. The fourth-order valence-electron chi connectivity index (χ4n) is 3.59. The van der Waals surface area contributed by atoms with Gasteiger partial charge in [-0.15, -0.1) is 0 Å². The number of piperidine rings is 1. The molecular weight excluding hydrogens is 304 g/mol. The summed E-state index contributed by atoms with van der Waals surface area (Å²) in [5.74, 6) is 0.614. The number of nitrogens with two attached hydrogens (primary N) is 1. The number of hydrogen-bond acceptors (Lipinski definition) is 3. The molecule has 2 fully saturated rings. The van der Waals surface area contributed by atoms with E-state index in [9.17, 15) is 9.59 Å². The van der Waals surface area contributed by atoms with Crippen molar-refractivity contribution in [3.05, 3.63) is 29.8 Å². The summed E-state index contributed by atoms with van der Waals surface area (Å²) in [6.45, 7) is 4.83. The zero-order chi connectivity index (χ0) is 17.1. The zero-order valence-electron chi connectivity index (χ0n) is 14.2. The first-order valence-electron chi connectivity index (χ1n) is 8.76. The molecule has 1 aromatic carbocycles. The number of anilines is 1. The topological polar surface area (TPSA) is 78.7 Å². The van der Waals surface area contributed by atoms with Crippen molar-refractivity contribution >= 4 is 17.6 Å². The van der Waals surface area contributed by atoms with Crippen LogP contribution in [0.3, 0.4) is 0 Å². The highest BCUT2D eigenvalue weighted by Gasteiger charge is 2.30. The normalized spacial score (nSPS) is 24.7. The van der Waals surface area contributed by atoms with Crippen LogP contribution in [-0.2, 0) is 0 Å². The van der Waals surface area contributed by atoms with Gasteiger partial charge >= 0.3 is 6.03 Å². The van der Waals surface area contributed by atoms with Gasteiger partial charge in [-0.05, 0) is 43.4 Å². The largest absolute Gasteiger partial charge is 0.338 e. The molecule has 1 aromatic rings. The van der Waals surface area contributed by atoms with Gasteiger partial charge in [0.25, 0.3) is 5.91 Å². The summed E-state index contributed by atoms with van der Waals surface area (Å²) in [5, 5.41) is 2.84. The molecule has 0 bridgehead atoms. The number of urea groups is 1. The molecular formula is C18H26N4O2. The van der Waals surface area contributed by atoms with E-state index < -0.39 is 0 Å². The SMILES string of the molecule is CC1CCN(C(=O)c2cccc(N3CCCNC3=O)c2)C(CN)C1. The molecule has 3 N–H and O–H groups in total. The monoisotopic (exact) mass is 330 g/mol. The lowest BCUT2D eigenvalue weighted by atomic mass is 9.92. The number of nitrogens with zero attached hydrogens (tertiary/aromatic N) is 2. The van der Waals surface area contributed by atoms with Gasteiger partial charge in [-0.2, -0.15) is 0 Å². The molecule has 130 valence electrons. The Kier molecular flexibility index (Phi) is 5.04. The van der Waals surface area contributed by atoms with E-state index >= 15 is 0 Å². The summed E-state index contributed by atoms with van der Waals surface area (Å²) in [6, 6.07) is 7.35. The van der Waals surface area contributed by atoms with E-state index in [4.69, 9.17) is 5.73 Å². The lowest BCUT2D eigenvalue weighted by Gasteiger charge is -2.38. The van der Waals surface area contributed by atoms with Gasteiger partial charge in [-0.25, -0.2) is 4.79 Å². The molecule has 3 amide bonds. The van der Waals surface area contributed by atoms with Crippen LogP contribution in [0.25, 0.3) is 0 Å². The molecule has 2 atom stereocenters. The quantitative estimate of drug-likeness (QED) is 0.887. The van der Waals surface area contributed by atoms with E-state index in [-0.39, 0.29) is 18.0 Å². The van der Waals surface area contributed by atoms with E-state index in [1.54, 1.807) is 4.90 Å². The average Bonchev–Trinajstić information content (AvgIpc) is 2.61. The molecule has 2 unspecified atom stereocenters. The Hall–Kier alpha value is -2.08. The maximum Gasteiger partial charge on any atom is 0.321 e. The first kappa shape index (κ1) is 16.8. The number of benzene rings is 1. The van der Waals surface area contributed by atoms with Crippen LogP contribution in [0.2, 0.25) is 0 Å². The number of amides is 3. The number of nitrogens with one attached hydrogen (secondary N) is 1. The molecule has 2 heterocycles. The minimum absolute atomic E-state index is 0.0108. The molecule has 0 aliphatic carbocycles. The second-order valence-electron chi connectivity index (χ2n) is 6.81. The molecule has 6 heteroatoms. The fourth-order valence-corrected chi connectivity index (χ4v) is 3.59. The average molecular weight is 330 g/mol. The van der Waals surface area contributed by atoms with Gasteiger partial charge in [-0.1, -0.05) is 13.0 Å². The number of likely N-dealkylation sites (tertiary alicyclic amines) is 1. The van der Waals surface area contributed by atoms with Crippen LogP contribution in [0, 0.1) is 5.92 Å². The molecule has 0 saturated carbocycles. The Morgan fingerprint density at radius 3 is 2.96 bits per heavy atom. The number of carbonyl (C=O) groups is 2. The van der Waals surface area contributed by atoms with Crippen LogP contribution in [0.15, 0.2) is 24.3 Å². The van der Waals surface area contributed by atoms with E-state index in [1.807, 2.05) is 29.2 Å². The second kappa shape index (κ2) is 7.21. The molecule has 6 nitrogen and oxygen atoms in total. The van der Waals surface area contributed by atoms with Crippen LogP contribution >= 0.6 is 0 Å². The zero-order valence-corrected chi connectivity index (χ0v) is 14.2. The van der Waals surface area contributed by atoms with Crippen molar-refractivity contribution in [1.29, 1.82) is 0 Å². The second-order valence-corrected chi connectivity index (χ2v) is 6.81. The predicted octanol–water partition coefficient (Wildman–Crippen LogP) is 1.81. The van der Waals surface area contributed by atoms with Crippen LogP contribution < -0.4 is 16.0 Å². The van der Waals surface area contributed by atoms with Crippen molar-refractivity contribution < 1.29 is 9.59 Å². The van der Waals surface area contributed by atoms with Gasteiger partial charge < -0.3 is 16.0 Å². The number of carbonyl (C=O) groups excluding carboxylic acids is 2. The van der Waals surface area contributed by atoms with E-state index in [0.29, 0.717) is 31.1 Å². The standard InChI is InChI=1S/C18H26N4O2/c1-13-6-9-21(16(10-13)12-19)17(23)14-4-2-5-15(11-14)22-8-3-7-20-18(22)24/h2,4-5,11,13,16H,3,6-10,12,19H2,1H3,(H,20,24). The minimum atomic E-state index is -0.0996. The maximum absolute atomic E-state index is 12.9. The smallest absolute Gasteiger partial charge is 0.321 e. The van der Waals surface area contributed by atoms with Crippen molar-refractivity contribution in [1.82, 2.24) is 10.2 Å². The van der Waals surface area contributed by atoms with Crippen molar-refractivity contribution in [2.75, 3.05) is 31.1 Å². The van der Waals surface area contributed by atoms with E-state index in [0.717, 1.165) is 31.5 Å². The lowest BCUT2D eigenvalue weighted by Crippen LogP contribution is -2.49. The highest BCUT2D eigenvalue weighted by Crippen LogP contribution is 2.25. The van der Waals surface area contributed by atoms with Crippen LogP contribution in [-0.4, -0.2) is 49.1 Å². The van der Waals surface area contributed by atoms with Gasteiger partial charge in [0.15, 0.2) is 0 Å². The Labute approximate surface area is 143 Å². The molecule has 2 saturated heterocycles. The summed E-state index contributed by atoms with van der Waals surface area (Å²) in [6.07, 6.45) is 2.87. The highest BCUT2D eigenvalue weighted by atomic mass is 16.2. The van der Waals surface area contributed by atoms with Crippen LogP contribution in [0.1, 0.15) is 36.5 Å². The Balaban J connectivity index is 1.80. The molecule has 2 aliphatic heterocycles. The summed E-state index contributed by atoms with van der Waals surface area (Å²) in [5.41, 5.74) is 7.28. The third-order valence-corrected chi connectivity index (χ3v) is 5.00. The van der Waals surface area contributed by atoms with Gasteiger partial charge in [0.1, 0.15) is 0 Å². The van der Waals surface area contributed by atoms with Gasteiger partial charge in [-0.3, -0.25) is 9.69 Å². The summed E-state index contributed by atoms with van der Waals surface area (Å²) in [7, 11) is 0. The lowest BCUT2D eigenvalue weighted by molar-refractivity contribution is 0.0573. The first-order valence-corrected chi connectivity index (χ1v) is 8.76. The third-order valence-electron chi connectivity index (χ3n) is 5.00. The first-order chi connectivity index (χ1) is 11.6. The van der Waals surface area contributed by atoms with Gasteiger partial charge in [0.05, 0.1) is 0 Å². The molecule has 2 aliphatic rings. The van der Waals surface area contributed by atoms with Crippen molar-refractivity contribution in [2.24, 2.45) is 11.7 Å². The van der Waals surface area contributed by atoms with Crippen LogP contribution in [0.5, 0.6) is 0 Å². The summed E-state index contributed by atoms with van der Waals surface area (Å²) < 4.78 is 0. The molecule has 3 rings (SSSR count). The number of rotatable bonds is 3. The van der Waals surface area contributed by atoms with Crippen LogP contribution in [0.4, 0.5) is 10.5 Å². The maximum atomic E-state index is 12.9. The fraction of sp³-hybridized carbons (Fsp3) is 0.556. The van der Waals surface area contributed by atoms with Crippen molar-refractivity contribution in [2.45, 2.75) is 32.2 Å². The molecule has 0 aromatic heterocycles. The third kappa shape index (κ3) is 3.38.